The van der Waals surface area contributed by atoms with E-state index >= 15 is 0 Å². The molecular formula is C17H16N2O2. The fourth-order valence-electron chi connectivity index (χ4n) is 2.61. The van der Waals surface area contributed by atoms with Crippen LogP contribution in [0.1, 0.15) is 11.1 Å². The maximum atomic E-state index is 12.2. The van der Waals surface area contributed by atoms with Crippen molar-refractivity contribution in [2.45, 2.75) is 13.8 Å². The molecule has 1 heterocycles. The molecule has 21 heavy (non-hydrogen) atoms. The Labute approximate surface area is 122 Å². The first-order chi connectivity index (χ1) is 9.99. The molecule has 0 atom stereocenters. The van der Waals surface area contributed by atoms with Crippen LogP contribution >= 0.6 is 0 Å². The van der Waals surface area contributed by atoms with Gasteiger partial charge < -0.3 is 5.11 Å². The Balaban J connectivity index is 2.41. The number of hydrogen-bond donors (Lipinski definition) is 1. The molecule has 2 aromatic carbocycles. The lowest BCUT2D eigenvalue weighted by atomic mass is 10.00. The minimum absolute atomic E-state index is 0.110. The average molecular weight is 280 g/mol. The van der Waals surface area contributed by atoms with Crippen molar-refractivity contribution in [3.8, 4) is 17.0 Å². The maximum Gasteiger partial charge on any atom is 0.274 e. The van der Waals surface area contributed by atoms with Gasteiger partial charge in [0.2, 0.25) is 0 Å². The highest BCUT2D eigenvalue weighted by atomic mass is 16.3. The average Bonchev–Trinajstić information content (AvgIpc) is 2.48. The Morgan fingerprint density at radius 2 is 1.62 bits per heavy atom. The van der Waals surface area contributed by atoms with E-state index in [0.29, 0.717) is 11.1 Å². The van der Waals surface area contributed by atoms with Crippen LogP contribution in [0.3, 0.4) is 0 Å². The number of phenolic OH excluding ortho intramolecular Hbond substituents is 1. The first-order valence-electron chi connectivity index (χ1n) is 6.75. The molecule has 0 saturated carbocycles. The molecule has 0 radical (unpaired) electrons. The predicted octanol–water partition coefficient (Wildman–Crippen LogP) is 2.92. The maximum absolute atomic E-state index is 12.2. The van der Waals surface area contributed by atoms with E-state index < -0.39 is 0 Å². The summed E-state index contributed by atoms with van der Waals surface area (Å²) in [6, 6.07) is 11.2. The van der Waals surface area contributed by atoms with Crippen LogP contribution in [-0.2, 0) is 7.05 Å². The Hall–Kier alpha value is -2.62. The Morgan fingerprint density at radius 3 is 2.24 bits per heavy atom. The molecule has 3 aromatic rings. The van der Waals surface area contributed by atoms with Gasteiger partial charge in [-0.25, -0.2) is 4.68 Å². The van der Waals surface area contributed by atoms with Crippen molar-refractivity contribution in [3.63, 3.8) is 0 Å². The van der Waals surface area contributed by atoms with Gasteiger partial charge in [0.25, 0.3) is 5.56 Å². The van der Waals surface area contributed by atoms with Gasteiger partial charge in [-0.15, -0.1) is 0 Å². The molecule has 3 rings (SSSR count). The molecular weight excluding hydrogens is 264 g/mol. The fourth-order valence-corrected chi connectivity index (χ4v) is 2.61. The number of rotatable bonds is 1. The fraction of sp³-hybridized carbons (Fsp3) is 0.176. The van der Waals surface area contributed by atoms with Crippen LogP contribution in [0.15, 0.2) is 41.2 Å². The molecule has 0 unspecified atom stereocenters. The van der Waals surface area contributed by atoms with Gasteiger partial charge in [-0.3, -0.25) is 4.79 Å². The van der Waals surface area contributed by atoms with Crippen LogP contribution in [0.25, 0.3) is 22.0 Å². The minimum atomic E-state index is -0.110. The molecule has 0 saturated heterocycles. The van der Waals surface area contributed by atoms with E-state index in [2.05, 4.69) is 5.10 Å². The number of nitrogens with zero attached hydrogens (tertiary/aromatic N) is 2. The zero-order valence-electron chi connectivity index (χ0n) is 12.2. The molecule has 0 aliphatic rings. The quantitative estimate of drug-likeness (QED) is 0.745. The lowest BCUT2D eigenvalue weighted by molar-refractivity contribution is 0.467. The molecule has 0 bridgehead atoms. The molecule has 1 N–H and O–H groups in total. The summed E-state index contributed by atoms with van der Waals surface area (Å²) < 4.78 is 1.36. The van der Waals surface area contributed by atoms with Crippen molar-refractivity contribution >= 4 is 10.8 Å². The van der Waals surface area contributed by atoms with Crippen LogP contribution < -0.4 is 5.56 Å². The monoisotopic (exact) mass is 280 g/mol. The van der Waals surface area contributed by atoms with E-state index in [0.717, 1.165) is 27.8 Å². The molecule has 0 amide bonds. The molecule has 0 aliphatic heterocycles. The zero-order chi connectivity index (χ0) is 15.1. The summed E-state index contributed by atoms with van der Waals surface area (Å²) in [5, 5.41) is 15.8. The van der Waals surface area contributed by atoms with E-state index in [1.807, 2.05) is 50.2 Å². The van der Waals surface area contributed by atoms with Crippen molar-refractivity contribution in [1.29, 1.82) is 0 Å². The Kier molecular flexibility index (Phi) is 3.01. The van der Waals surface area contributed by atoms with Crippen molar-refractivity contribution in [1.82, 2.24) is 9.78 Å². The number of phenols is 1. The van der Waals surface area contributed by atoms with Gasteiger partial charge in [-0.05, 0) is 43.2 Å². The van der Waals surface area contributed by atoms with E-state index in [9.17, 15) is 9.90 Å². The van der Waals surface area contributed by atoms with E-state index in [-0.39, 0.29) is 5.56 Å². The Bertz CT molecular complexity index is 887. The summed E-state index contributed by atoms with van der Waals surface area (Å²) in [6.45, 7) is 3.71. The van der Waals surface area contributed by atoms with Crippen molar-refractivity contribution in [2.75, 3.05) is 0 Å². The summed E-state index contributed by atoms with van der Waals surface area (Å²) >= 11 is 0. The number of hydrogen-bond acceptors (Lipinski definition) is 3. The summed E-state index contributed by atoms with van der Waals surface area (Å²) in [7, 11) is 1.65. The highest BCUT2D eigenvalue weighted by Gasteiger charge is 2.12. The van der Waals surface area contributed by atoms with Crippen LogP contribution in [0.2, 0.25) is 0 Å². The first kappa shape index (κ1) is 13.4. The second-order valence-electron chi connectivity index (χ2n) is 5.28. The third-order valence-corrected chi connectivity index (χ3v) is 3.72. The largest absolute Gasteiger partial charge is 0.507 e. The van der Waals surface area contributed by atoms with Crippen LogP contribution in [-0.4, -0.2) is 14.9 Å². The smallest absolute Gasteiger partial charge is 0.274 e. The number of aromatic hydroxyl groups is 1. The number of aryl methyl sites for hydroxylation is 3. The lowest BCUT2D eigenvalue weighted by Crippen LogP contribution is -2.20. The minimum Gasteiger partial charge on any atom is -0.507 e. The molecule has 0 aliphatic carbocycles. The van der Waals surface area contributed by atoms with E-state index in [4.69, 9.17) is 0 Å². The molecule has 1 aromatic heterocycles. The number of fused-ring (bicyclic) bond motifs is 1. The summed E-state index contributed by atoms with van der Waals surface area (Å²) in [4.78, 5) is 12.2. The van der Waals surface area contributed by atoms with Gasteiger partial charge in [-0.2, -0.15) is 5.10 Å². The van der Waals surface area contributed by atoms with Gasteiger partial charge in [-0.1, -0.05) is 18.2 Å². The van der Waals surface area contributed by atoms with E-state index in [1.54, 1.807) is 7.05 Å². The summed E-state index contributed by atoms with van der Waals surface area (Å²) in [6.07, 6.45) is 0. The van der Waals surface area contributed by atoms with Crippen LogP contribution in [0, 0.1) is 13.8 Å². The van der Waals surface area contributed by atoms with Crippen LogP contribution in [0.4, 0.5) is 0 Å². The molecule has 4 nitrogen and oxygen atoms in total. The number of benzene rings is 2. The second-order valence-corrected chi connectivity index (χ2v) is 5.28. The van der Waals surface area contributed by atoms with Gasteiger partial charge in [0.15, 0.2) is 0 Å². The third kappa shape index (κ3) is 2.09. The van der Waals surface area contributed by atoms with Crippen molar-refractivity contribution < 1.29 is 5.11 Å². The van der Waals surface area contributed by atoms with Crippen LogP contribution in [0.5, 0.6) is 5.75 Å². The Morgan fingerprint density at radius 1 is 1.05 bits per heavy atom. The summed E-state index contributed by atoms with van der Waals surface area (Å²) in [5.41, 5.74) is 3.13. The summed E-state index contributed by atoms with van der Waals surface area (Å²) in [5.74, 6) is 0.299. The first-order valence-corrected chi connectivity index (χ1v) is 6.75. The normalized spacial score (nSPS) is 11.0. The topological polar surface area (TPSA) is 55.1 Å². The standard InChI is InChI=1S/C17H16N2O2/c1-10-8-12(9-11(2)16(10)20)15-13-6-4-5-7-14(13)17(21)19(3)18-15/h4-9,20H,1-3H3. The van der Waals surface area contributed by atoms with Crippen molar-refractivity contribution in [2.24, 2.45) is 7.05 Å². The lowest BCUT2D eigenvalue weighted by Gasteiger charge is -2.11. The molecule has 106 valence electrons. The highest BCUT2D eigenvalue weighted by molar-refractivity contribution is 5.94. The molecule has 4 heteroatoms. The number of aromatic nitrogens is 2. The molecule has 0 spiro atoms. The second kappa shape index (κ2) is 4.74. The van der Waals surface area contributed by atoms with Gasteiger partial charge in [0.1, 0.15) is 5.75 Å². The van der Waals surface area contributed by atoms with Gasteiger partial charge in [0.05, 0.1) is 11.1 Å². The van der Waals surface area contributed by atoms with Gasteiger partial charge >= 0.3 is 0 Å². The van der Waals surface area contributed by atoms with E-state index in [1.165, 1.54) is 4.68 Å². The van der Waals surface area contributed by atoms with Crippen molar-refractivity contribution in [3.05, 3.63) is 57.9 Å². The molecule has 0 fully saturated rings. The third-order valence-electron chi connectivity index (χ3n) is 3.72. The van der Waals surface area contributed by atoms with Gasteiger partial charge in [0, 0.05) is 18.0 Å². The SMILES string of the molecule is Cc1cc(-c2nn(C)c(=O)c3ccccc23)cc(C)c1O. The predicted molar refractivity (Wildman–Crippen MR) is 83.6 cm³/mol. The zero-order valence-corrected chi connectivity index (χ0v) is 12.2. The highest BCUT2D eigenvalue weighted by Crippen LogP contribution is 2.30.